The number of hydrogen-bond donors (Lipinski definition) is 2. The van der Waals surface area contributed by atoms with E-state index in [9.17, 15) is 19.0 Å². The van der Waals surface area contributed by atoms with Gasteiger partial charge >= 0.3 is 19.8 Å². The maximum Gasteiger partial charge on any atom is 0.472 e. The lowest BCUT2D eigenvalue weighted by atomic mass is 10.1. The minimum Gasteiger partial charge on any atom is -0.462 e. The second kappa shape index (κ2) is 38.7. The van der Waals surface area contributed by atoms with E-state index in [1.807, 2.05) is 0 Å². The molecule has 0 saturated heterocycles. The lowest BCUT2D eigenvalue weighted by Crippen LogP contribution is -2.29. The molecule has 0 saturated carbocycles. The summed E-state index contributed by atoms with van der Waals surface area (Å²) in [6.45, 7) is 3.64. The van der Waals surface area contributed by atoms with E-state index < -0.39 is 32.5 Å². The quantitative estimate of drug-likeness (QED) is 0.0273. The van der Waals surface area contributed by atoms with Gasteiger partial charge in [0.25, 0.3) is 0 Å². The zero-order valence-corrected chi connectivity index (χ0v) is 33.9. The maximum absolute atomic E-state index is 12.6. The molecule has 0 radical (unpaired) electrons. The predicted octanol–water partition coefficient (Wildman–Crippen LogP) is 11.6. The van der Waals surface area contributed by atoms with E-state index in [-0.39, 0.29) is 32.6 Å². The van der Waals surface area contributed by atoms with Gasteiger partial charge in [0.2, 0.25) is 0 Å². The highest BCUT2D eigenvalue weighted by molar-refractivity contribution is 7.47. The van der Waals surface area contributed by atoms with Gasteiger partial charge in [-0.2, -0.15) is 0 Å². The third-order valence-electron chi connectivity index (χ3n) is 8.44. The van der Waals surface area contributed by atoms with Crippen molar-refractivity contribution in [1.29, 1.82) is 0 Å². The summed E-state index contributed by atoms with van der Waals surface area (Å²) in [6, 6.07) is 0. The van der Waals surface area contributed by atoms with Crippen LogP contribution in [0.2, 0.25) is 0 Å². The third-order valence-corrected chi connectivity index (χ3v) is 9.42. The standard InChI is InChI=1S/C42H76NO8P/c1-3-5-7-9-11-13-15-17-19-21-23-25-27-29-31-33-35-42(45)51-40(39-50-52(46,47)49-37-36-43)38-48-41(44)34-32-30-28-26-24-22-20-18-16-14-12-10-8-6-4-2/h12-15,18-21,40H,3-11,16-17,22-39,43H2,1-2H3,(H,46,47)/b14-12-,15-13-,20-18-,21-19-. The first-order valence-electron chi connectivity index (χ1n) is 20.6. The maximum atomic E-state index is 12.6. The van der Waals surface area contributed by atoms with Gasteiger partial charge in [0.15, 0.2) is 6.10 Å². The van der Waals surface area contributed by atoms with Crippen LogP contribution in [0.15, 0.2) is 48.6 Å². The Hall–Kier alpha value is -2.03. The van der Waals surface area contributed by atoms with Crippen molar-refractivity contribution in [1.82, 2.24) is 0 Å². The monoisotopic (exact) mass is 754 g/mol. The van der Waals surface area contributed by atoms with E-state index in [4.69, 9.17) is 24.3 Å². The molecule has 0 bridgehead atoms. The molecule has 0 fully saturated rings. The zero-order chi connectivity index (χ0) is 38.2. The second-order valence-electron chi connectivity index (χ2n) is 13.5. The van der Waals surface area contributed by atoms with Gasteiger partial charge < -0.3 is 20.1 Å². The molecular weight excluding hydrogens is 677 g/mol. The van der Waals surface area contributed by atoms with Crippen molar-refractivity contribution in [2.75, 3.05) is 26.4 Å². The predicted molar refractivity (Wildman–Crippen MR) is 215 cm³/mol. The average molecular weight is 754 g/mol. The summed E-state index contributed by atoms with van der Waals surface area (Å²) < 4.78 is 32.7. The van der Waals surface area contributed by atoms with E-state index in [2.05, 4.69) is 62.5 Å². The summed E-state index contributed by atoms with van der Waals surface area (Å²) in [6.07, 6.45) is 42.7. The highest BCUT2D eigenvalue weighted by atomic mass is 31.2. The molecule has 0 rings (SSSR count). The number of phosphoric acid groups is 1. The average Bonchev–Trinajstić information content (AvgIpc) is 3.13. The largest absolute Gasteiger partial charge is 0.472 e. The molecule has 0 amide bonds. The first-order chi connectivity index (χ1) is 25.3. The minimum atomic E-state index is -4.38. The smallest absolute Gasteiger partial charge is 0.462 e. The van der Waals surface area contributed by atoms with Crippen molar-refractivity contribution in [2.24, 2.45) is 5.73 Å². The molecule has 10 heteroatoms. The summed E-state index contributed by atoms with van der Waals surface area (Å²) in [5, 5.41) is 0. The number of esters is 2. The molecule has 302 valence electrons. The Kier molecular flexibility index (Phi) is 37.2. The molecule has 0 aliphatic rings. The summed E-state index contributed by atoms with van der Waals surface area (Å²) in [5.41, 5.74) is 5.34. The topological polar surface area (TPSA) is 134 Å². The number of nitrogens with two attached hydrogens (primary N) is 1. The van der Waals surface area contributed by atoms with Crippen LogP contribution >= 0.6 is 7.82 Å². The van der Waals surface area contributed by atoms with Gasteiger partial charge in [0.1, 0.15) is 6.61 Å². The number of allylic oxidation sites excluding steroid dienone is 8. The molecule has 9 nitrogen and oxygen atoms in total. The van der Waals surface area contributed by atoms with E-state index in [1.54, 1.807) is 0 Å². The number of unbranched alkanes of at least 4 members (excludes halogenated alkanes) is 17. The zero-order valence-electron chi connectivity index (χ0n) is 33.0. The molecule has 2 atom stereocenters. The second-order valence-corrected chi connectivity index (χ2v) is 14.9. The van der Waals surface area contributed by atoms with Crippen LogP contribution in [-0.2, 0) is 32.7 Å². The Labute approximate surface area is 317 Å². The molecule has 0 aliphatic carbocycles. The lowest BCUT2D eigenvalue weighted by molar-refractivity contribution is -0.161. The Morgan fingerprint density at radius 3 is 1.50 bits per heavy atom. The minimum absolute atomic E-state index is 0.0473. The Bertz CT molecular complexity index is 996. The van der Waals surface area contributed by atoms with Crippen LogP contribution in [0.5, 0.6) is 0 Å². The van der Waals surface area contributed by atoms with Gasteiger partial charge in [-0.05, 0) is 77.0 Å². The number of ether oxygens (including phenoxy) is 2. The molecule has 0 aromatic heterocycles. The number of phosphoric ester groups is 1. The number of carbonyl (C=O) groups is 2. The molecule has 0 aliphatic heterocycles. The summed E-state index contributed by atoms with van der Waals surface area (Å²) >= 11 is 0. The fraction of sp³-hybridized carbons (Fsp3) is 0.762. The van der Waals surface area contributed by atoms with Gasteiger partial charge in [-0.3, -0.25) is 18.6 Å². The fourth-order valence-electron chi connectivity index (χ4n) is 5.34. The fourth-order valence-corrected chi connectivity index (χ4v) is 6.11. The van der Waals surface area contributed by atoms with Crippen LogP contribution in [0.4, 0.5) is 0 Å². The van der Waals surface area contributed by atoms with Crippen LogP contribution in [-0.4, -0.2) is 49.3 Å². The molecule has 0 aromatic rings. The number of carbonyl (C=O) groups excluding carboxylic acids is 2. The highest BCUT2D eigenvalue weighted by Gasteiger charge is 2.25. The molecule has 0 aromatic carbocycles. The van der Waals surface area contributed by atoms with E-state index in [1.165, 1.54) is 57.8 Å². The van der Waals surface area contributed by atoms with Crippen LogP contribution in [0.1, 0.15) is 174 Å². The summed E-state index contributed by atoms with van der Waals surface area (Å²) in [5.74, 6) is -0.863. The first-order valence-corrected chi connectivity index (χ1v) is 22.1. The Morgan fingerprint density at radius 1 is 0.577 bits per heavy atom. The lowest BCUT2D eigenvalue weighted by Gasteiger charge is -2.19. The molecule has 0 heterocycles. The first kappa shape index (κ1) is 50.0. The van der Waals surface area contributed by atoms with Gasteiger partial charge in [-0.1, -0.05) is 133 Å². The van der Waals surface area contributed by atoms with E-state index >= 15 is 0 Å². The molecular formula is C42H76NO8P. The van der Waals surface area contributed by atoms with Crippen molar-refractivity contribution < 1.29 is 37.6 Å². The summed E-state index contributed by atoms with van der Waals surface area (Å²) in [4.78, 5) is 34.8. The van der Waals surface area contributed by atoms with Crippen LogP contribution < -0.4 is 5.73 Å². The van der Waals surface area contributed by atoms with Crippen LogP contribution in [0.25, 0.3) is 0 Å². The Balaban J connectivity index is 4.24. The molecule has 2 unspecified atom stereocenters. The van der Waals surface area contributed by atoms with Crippen molar-refractivity contribution in [3.8, 4) is 0 Å². The van der Waals surface area contributed by atoms with Crippen molar-refractivity contribution in [2.45, 2.75) is 180 Å². The van der Waals surface area contributed by atoms with Crippen molar-refractivity contribution in [3.63, 3.8) is 0 Å². The highest BCUT2D eigenvalue weighted by Crippen LogP contribution is 2.43. The van der Waals surface area contributed by atoms with Crippen LogP contribution in [0.3, 0.4) is 0 Å². The van der Waals surface area contributed by atoms with E-state index in [0.29, 0.717) is 12.8 Å². The van der Waals surface area contributed by atoms with Gasteiger partial charge in [-0.25, -0.2) is 4.57 Å². The molecule has 52 heavy (non-hydrogen) atoms. The molecule has 0 spiro atoms. The Morgan fingerprint density at radius 2 is 1.00 bits per heavy atom. The van der Waals surface area contributed by atoms with Gasteiger partial charge in [0.05, 0.1) is 13.2 Å². The summed E-state index contributed by atoms with van der Waals surface area (Å²) in [7, 11) is -4.38. The SMILES string of the molecule is CCCCC/C=C\C/C=C\CCCCCCCC(=O)OCC(COP(=O)(O)OCCN)OC(=O)CCCCCCC/C=C\C/C=C\CCCCCC. The van der Waals surface area contributed by atoms with Crippen molar-refractivity contribution >= 4 is 19.8 Å². The van der Waals surface area contributed by atoms with Gasteiger partial charge in [0, 0.05) is 19.4 Å². The number of rotatable bonds is 38. The molecule has 3 N–H and O–H groups in total. The third kappa shape index (κ3) is 37.7. The number of hydrogen-bond acceptors (Lipinski definition) is 8. The van der Waals surface area contributed by atoms with Crippen LogP contribution in [0, 0.1) is 0 Å². The normalized spacial score (nSPS) is 13.8. The van der Waals surface area contributed by atoms with E-state index in [0.717, 1.165) is 77.0 Å². The van der Waals surface area contributed by atoms with Gasteiger partial charge in [-0.15, -0.1) is 0 Å². The van der Waals surface area contributed by atoms with Crippen molar-refractivity contribution in [3.05, 3.63) is 48.6 Å².